The fourth-order valence-electron chi connectivity index (χ4n) is 5.00. The van der Waals surface area contributed by atoms with E-state index < -0.39 is 17.5 Å². The molecule has 9 nitrogen and oxygen atoms in total. The number of hydrogen-bond donors (Lipinski definition) is 2. The molecule has 212 valence electrons. The van der Waals surface area contributed by atoms with Crippen molar-refractivity contribution in [2.24, 2.45) is 0 Å². The van der Waals surface area contributed by atoms with E-state index in [0.29, 0.717) is 27.8 Å². The van der Waals surface area contributed by atoms with Crippen LogP contribution in [0.3, 0.4) is 0 Å². The lowest BCUT2D eigenvalue weighted by Crippen LogP contribution is -2.46. The van der Waals surface area contributed by atoms with Crippen LogP contribution in [0.25, 0.3) is 0 Å². The van der Waals surface area contributed by atoms with E-state index in [2.05, 4.69) is 21.7 Å². The molecule has 1 aliphatic heterocycles. The Morgan fingerprint density at radius 1 is 1.02 bits per heavy atom. The molecule has 2 atom stereocenters. The number of benzene rings is 3. The van der Waals surface area contributed by atoms with Crippen molar-refractivity contribution in [2.45, 2.75) is 38.4 Å². The second-order valence-electron chi connectivity index (χ2n) is 10.2. The summed E-state index contributed by atoms with van der Waals surface area (Å²) in [7, 11) is 0. The number of carbonyl (C=O) groups is 3. The predicted molar refractivity (Wildman–Crippen MR) is 160 cm³/mol. The van der Waals surface area contributed by atoms with Crippen molar-refractivity contribution in [2.75, 3.05) is 4.90 Å². The number of imidazole rings is 1. The molecule has 5 rings (SSSR count). The third-order valence-electron chi connectivity index (χ3n) is 7.12. The predicted octanol–water partition coefficient (Wildman–Crippen LogP) is 5.13. The maximum atomic E-state index is 14.2. The minimum Gasteiger partial charge on any atom is -0.350 e. The third-order valence-corrected chi connectivity index (χ3v) is 7.56. The van der Waals surface area contributed by atoms with Gasteiger partial charge in [0.15, 0.2) is 0 Å². The van der Waals surface area contributed by atoms with Crippen LogP contribution >= 0.6 is 23.2 Å². The minimum atomic E-state index is -1.29. The molecule has 0 bridgehead atoms. The zero-order valence-electron chi connectivity index (χ0n) is 22.8. The molecule has 0 spiro atoms. The fourth-order valence-corrected chi connectivity index (χ4v) is 5.51. The molecule has 1 aromatic heterocycles. The van der Waals surface area contributed by atoms with Gasteiger partial charge in [-0.25, -0.2) is 9.88 Å². The summed E-state index contributed by atoms with van der Waals surface area (Å²) in [4.78, 5) is 46.3. The normalized spacial score (nSPS) is 16.5. The first-order valence-electron chi connectivity index (χ1n) is 13.1. The summed E-state index contributed by atoms with van der Waals surface area (Å²) in [5, 5.41) is 15.4. The average molecular weight is 601 g/mol. The van der Waals surface area contributed by atoms with Crippen LogP contribution in [0, 0.1) is 11.3 Å². The van der Waals surface area contributed by atoms with E-state index >= 15 is 0 Å². The molecule has 0 saturated carbocycles. The van der Waals surface area contributed by atoms with Crippen molar-refractivity contribution >= 4 is 52.6 Å². The maximum Gasteiger partial charge on any atom is 0.270 e. The van der Waals surface area contributed by atoms with Crippen LogP contribution in [0.2, 0.25) is 10.0 Å². The molecule has 4 aromatic rings. The summed E-state index contributed by atoms with van der Waals surface area (Å²) in [6, 6.07) is 22.3. The van der Waals surface area contributed by atoms with Gasteiger partial charge in [0.25, 0.3) is 11.8 Å². The van der Waals surface area contributed by atoms with Gasteiger partial charge in [-0.2, -0.15) is 5.26 Å². The first-order chi connectivity index (χ1) is 20.1. The van der Waals surface area contributed by atoms with Crippen molar-refractivity contribution in [3.8, 4) is 6.07 Å². The van der Waals surface area contributed by atoms with Gasteiger partial charge in [0.1, 0.15) is 17.3 Å². The van der Waals surface area contributed by atoms with Gasteiger partial charge >= 0.3 is 0 Å². The molecule has 2 N–H and O–H groups in total. The molecule has 11 heteroatoms. The summed E-state index contributed by atoms with van der Waals surface area (Å²) >= 11 is 12.5. The smallest absolute Gasteiger partial charge is 0.270 e. The molecule has 3 aromatic carbocycles. The Labute approximate surface area is 252 Å². The second-order valence-corrected chi connectivity index (χ2v) is 11.1. The van der Waals surface area contributed by atoms with Crippen LogP contribution in [-0.2, 0) is 28.1 Å². The zero-order chi connectivity index (χ0) is 30.0. The molecular formula is C31H26Cl2N6O3. The molecule has 0 fully saturated rings. The van der Waals surface area contributed by atoms with Crippen molar-refractivity contribution in [3.05, 3.63) is 111 Å². The third kappa shape index (κ3) is 5.59. The van der Waals surface area contributed by atoms with Crippen LogP contribution in [-0.4, -0.2) is 33.3 Å². The van der Waals surface area contributed by atoms with Crippen molar-refractivity contribution < 1.29 is 14.4 Å². The molecule has 0 saturated heterocycles. The highest BCUT2D eigenvalue weighted by Crippen LogP contribution is 2.43. The summed E-state index contributed by atoms with van der Waals surface area (Å²) in [6.45, 7) is 3.62. The number of fused-ring (bicyclic) bond motifs is 1. The topological polar surface area (TPSA) is 120 Å². The van der Waals surface area contributed by atoms with Crippen LogP contribution in [0.15, 0.2) is 79.0 Å². The maximum absolute atomic E-state index is 14.2. The minimum absolute atomic E-state index is 0.104. The second kappa shape index (κ2) is 11.7. The van der Waals surface area contributed by atoms with Crippen LogP contribution in [0.4, 0.5) is 11.6 Å². The Balaban J connectivity index is 1.47. The number of aromatic nitrogens is 2. The van der Waals surface area contributed by atoms with E-state index in [9.17, 15) is 19.6 Å². The fraction of sp³-hybridized carbons (Fsp3) is 0.194. The first kappa shape index (κ1) is 28.9. The summed E-state index contributed by atoms with van der Waals surface area (Å²) in [6.07, 6.45) is 1.57. The molecule has 1 aliphatic rings. The van der Waals surface area contributed by atoms with E-state index in [1.54, 1.807) is 60.9 Å². The Hall–Kier alpha value is -4.65. The molecule has 3 amide bonds. The van der Waals surface area contributed by atoms with Crippen molar-refractivity contribution in [1.82, 2.24) is 20.2 Å². The Morgan fingerprint density at radius 2 is 1.69 bits per heavy atom. The number of amides is 3. The number of nitrogens with one attached hydrogen (secondary N) is 2. The number of hydrogen-bond acceptors (Lipinski definition) is 5. The number of nitriles is 1. The quantitative estimate of drug-likeness (QED) is 0.290. The van der Waals surface area contributed by atoms with E-state index in [1.807, 2.05) is 30.3 Å². The van der Waals surface area contributed by atoms with Gasteiger partial charge in [-0.15, -0.1) is 0 Å². The van der Waals surface area contributed by atoms with Gasteiger partial charge < -0.3 is 10.6 Å². The highest BCUT2D eigenvalue weighted by Gasteiger charge is 2.51. The van der Waals surface area contributed by atoms with Gasteiger partial charge in [-0.05, 0) is 55.3 Å². The van der Waals surface area contributed by atoms with Crippen LogP contribution in [0.5, 0.6) is 0 Å². The lowest BCUT2D eigenvalue weighted by molar-refractivity contribution is -0.124. The molecule has 2 heterocycles. The lowest BCUT2D eigenvalue weighted by atomic mass is 9.91. The highest BCUT2D eigenvalue weighted by atomic mass is 35.5. The number of anilines is 2. The number of nitrogens with zero attached hydrogens (tertiary/aromatic N) is 4. The molecule has 0 unspecified atom stereocenters. The van der Waals surface area contributed by atoms with E-state index in [0.717, 1.165) is 11.1 Å². The SMILES string of the molecule is C[C@H](NC(=O)c1cnc2n1[C@](C)(Cc1ccc(C#N)cc1)C(=O)N2c1cc(Cl)cc(Cl)c1)C(=O)NCc1ccccc1. The first-order valence-corrected chi connectivity index (χ1v) is 13.9. The standard InChI is InChI=1S/C31H26Cl2N6O3/c1-19(27(40)35-17-22-6-4-3-5-7-22)37-28(41)26-18-36-30-38(25-13-23(32)12-24(33)14-25)29(42)31(2,39(26)30)15-20-8-10-21(16-34)11-9-20/h3-14,18-19H,15,17H2,1-2H3,(H,35,40)(H,37,41)/t19-,31+/m0/s1. The Bertz CT molecular complexity index is 1690. The summed E-state index contributed by atoms with van der Waals surface area (Å²) < 4.78 is 1.58. The lowest BCUT2D eigenvalue weighted by Gasteiger charge is -2.27. The largest absolute Gasteiger partial charge is 0.350 e. The number of carbonyl (C=O) groups excluding carboxylic acids is 3. The van der Waals surface area contributed by atoms with Crippen molar-refractivity contribution in [3.63, 3.8) is 0 Å². The number of halogens is 2. The van der Waals surface area contributed by atoms with E-state index in [1.165, 1.54) is 11.1 Å². The molecule has 0 radical (unpaired) electrons. The number of rotatable bonds is 8. The summed E-state index contributed by atoms with van der Waals surface area (Å²) in [5.74, 6) is -1.07. The van der Waals surface area contributed by atoms with E-state index in [4.69, 9.17) is 23.2 Å². The van der Waals surface area contributed by atoms with E-state index in [-0.39, 0.29) is 29.9 Å². The molecule has 0 aliphatic carbocycles. The Morgan fingerprint density at radius 3 is 2.33 bits per heavy atom. The average Bonchev–Trinajstić information content (AvgIpc) is 3.49. The van der Waals surface area contributed by atoms with Crippen LogP contribution < -0.4 is 15.5 Å². The molecular weight excluding hydrogens is 575 g/mol. The van der Waals surface area contributed by atoms with Gasteiger partial charge in [0.05, 0.1) is 23.5 Å². The van der Waals surface area contributed by atoms with Gasteiger partial charge in [-0.1, -0.05) is 65.7 Å². The van der Waals surface area contributed by atoms with Crippen LogP contribution in [0.1, 0.15) is 41.0 Å². The Kier molecular flexibility index (Phi) is 8.03. The van der Waals surface area contributed by atoms with Crippen molar-refractivity contribution in [1.29, 1.82) is 5.26 Å². The zero-order valence-corrected chi connectivity index (χ0v) is 24.3. The van der Waals surface area contributed by atoms with Gasteiger partial charge in [-0.3, -0.25) is 19.0 Å². The molecule has 42 heavy (non-hydrogen) atoms. The van der Waals surface area contributed by atoms with Gasteiger partial charge in [0.2, 0.25) is 11.9 Å². The monoisotopic (exact) mass is 600 g/mol. The summed E-state index contributed by atoms with van der Waals surface area (Å²) in [5.41, 5.74) is 1.40. The highest BCUT2D eigenvalue weighted by molar-refractivity contribution is 6.35. The van der Waals surface area contributed by atoms with Gasteiger partial charge in [0, 0.05) is 23.0 Å².